The summed E-state index contributed by atoms with van der Waals surface area (Å²) in [6.07, 6.45) is 4.87. The summed E-state index contributed by atoms with van der Waals surface area (Å²) in [6, 6.07) is 0. The summed E-state index contributed by atoms with van der Waals surface area (Å²) in [7, 11) is 1.87. The lowest BCUT2D eigenvalue weighted by atomic mass is 10.0. The number of ketones is 1. The Bertz CT molecular complexity index is 304. The van der Waals surface area contributed by atoms with Crippen LogP contribution in [-0.4, -0.2) is 54.7 Å². The second-order valence-electron chi connectivity index (χ2n) is 5.29. The van der Waals surface area contributed by atoms with E-state index in [0.29, 0.717) is 12.3 Å². The fourth-order valence-corrected chi connectivity index (χ4v) is 2.77. The predicted octanol–water partition coefficient (Wildman–Crippen LogP) is 0.910. The van der Waals surface area contributed by atoms with E-state index in [2.05, 4.69) is 4.90 Å². The highest BCUT2D eigenvalue weighted by molar-refractivity contribution is 5.82. The van der Waals surface area contributed by atoms with E-state index >= 15 is 0 Å². The zero-order valence-electron chi connectivity index (χ0n) is 10.7. The van der Waals surface area contributed by atoms with Gasteiger partial charge in [-0.3, -0.25) is 14.5 Å². The number of Topliss-reactive ketones (excluding diaryl/α,β-unsaturated/α-hetero) is 1. The maximum absolute atomic E-state index is 11.7. The van der Waals surface area contributed by atoms with Gasteiger partial charge >= 0.3 is 0 Å². The molecule has 1 atom stereocenters. The molecule has 2 aliphatic rings. The van der Waals surface area contributed by atoms with Crippen LogP contribution >= 0.6 is 0 Å². The number of carbonyl (C=O) groups excluding carboxylic acids is 2. The highest BCUT2D eigenvalue weighted by Crippen LogP contribution is 2.24. The molecule has 0 aromatic carbocycles. The number of hydrogen-bond donors (Lipinski definition) is 0. The van der Waals surface area contributed by atoms with Gasteiger partial charge in [-0.2, -0.15) is 0 Å². The Balaban J connectivity index is 1.78. The number of hydrogen-bond acceptors (Lipinski definition) is 3. The van der Waals surface area contributed by atoms with Gasteiger partial charge in [-0.15, -0.1) is 0 Å². The minimum Gasteiger partial charge on any atom is -0.345 e. The van der Waals surface area contributed by atoms with Gasteiger partial charge in [0.25, 0.3) is 0 Å². The molecule has 0 radical (unpaired) electrons. The highest BCUT2D eigenvalue weighted by atomic mass is 16.2. The fourth-order valence-electron chi connectivity index (χ4n) is 2.77. The number of nitrogens with zero attached hydrogens (tertiary/aromatic N) is 2. The first-order chi connectivity index (χ1) is 8.16. The Kier molecular flexibility index (Phi) is 4.15. The molecule has 2 fully saturated rings. The van der Waals surface area contributed by atoms with Crippen molar-refractivity contribution in [2.24, 2.45) is 5.92 Å². The van der Waals surface area contributed by atoms with Gasteiger partial charge < -0.3 is 4.90 Å². The van der Waals surface area contributed by atoms with E-state index in [1.54, 1.807) is 4.90 Å². The fraction of sp³-hybridized carbons (Fsp3) is 0.846. The van der Waals surface area contributed by atoms with Crippen LogP contribution in [0.1, 0.15) is 32.1 Å². The first kappa shape index (κ1) is 12.6. The third-order valence-electron chi connectivity index (χ3n) is 3.98. The molecule has 0 aromatic heterocycles. The van der Waals surface area contributed by atoms with E-state index in [4.69, 9.17) is 0 Å². The van der Waals surface area contributed by atoms with Gasteiger partial charge in [0, 0.05) is 32.5 Å². The van der Waals surface area contributed by atoms with E-state index in [1.165, 1.54) is 0 Å². The van der Waals surface area contributed by atoms with Crippen molar-refractivity contribution in [2.45, 2.75) is 32.1 Å². The molecule has 0 N–H and O–H groups in total. The molecule has 1 amide bonds. The molecule has 4 nitrogen and oxygen atoms in total. The van der Waals surface area contributed by atoms with Crippen molar-refractivity contribution in [1.82, 2.24) is 9.80 Å². The van der Waals surface area contributed by atoms with Gasteiger partial charge in [-0.05, 0) is 32.2 Å². The highest BCUT2D eigenvalue weighted by Gasteiger charge is 2.25. The van der Waals surface area contributed by atoms with Crippen LogP contribution in [0.15, 0.2) is 0 Å². The van der Waals surface area contributed by atoms with Crippen molar-refractivity contribution in [1.29, 1.82) is 0 Å². The Hall–Kier alpha value is -0.900. The summed E-state index contributed by atoms with van der Waals surface area (Å²) in [5.41, 5.74) is 0. The largest absolute Gasteiger partial charge is 0.345 e. The minimum absolute atomic E-state index is 0.209. The summed E-state index contributed by atoms with van der Waals surface area (Å²) < 4.78 is 0. The van der Waals surface area contributed by atoms with E-state index in [0.717, 1.165) is 51.7 Å². The Labute approximate surface area is 103 Å². The third-order valence-corrected chi connectivity index (χ3v) is 3.98. The van der Waals surface area contributed by atoms with Gasteiger partial charge in [0.05, 0.1) is 6.54 Å². The monoisotopic (exact) mass is 238 g/mol. The van der Waals surface area contributed by atoms with E-state index in [9.17, 15) is 9.59 Å². The topological polar surface area (TPSA) is 40.6 Å². The quantitative estimate of drug-likeness (QED) is 0.734. The molecular weight excluding hydrogens is 216 g/mol. The maximum Gasteiger partial charge on any atom is 0.236 e. The summed E-state index contributed by atoms with van der Waals surface area (Å²) in [4.78, 5) is 27.3. The smallest absolute Gasteiger partial charge is 0.236 e. The second kappa shape index (κ2) is 5.63. The van der Waals surface area contributed by atoms with Gasteiger partial charge in [-0.1, -0.05) is 0 Å². The normalized spacial score (nSPS) is 27.6. The van der Waals surface area contributed by atoms with Gasteiger partial charge in [0.2, 0.25) is 5.91 Å². The molecule has 1 aliphatic carbocycles. The van der Waals surface area contributed by atoms with Crippen LogP contribution in [0, 0.1) is 5.92 Å². The van der Waals surface area contributed by atoms with Gasteiger partial charge in [0.15, 0.2) is 0 Å². The van der Waals surface area contributed by atoms with Crippen LogP contribution in [-0.2, 0) is 9.59 Å². The molecule has 17 heavy (non-hydrogen) atoms. The number of amides is 1. The van der Waals surface area contributed by atoms with Crippen LogP contribution in [0.2, 0.25) is 0 Å². The molecule has 0 aromatic rings. The third kappa shape index (κ3) is 3.28. The molecule has 1 saturated carbocycles. The lowest BCUT2D eigenvalue weighted by molar-refractivity contribution is -0.129. The van der Waals surface area contributed by atoms with E-state index in [1.807, 2.05) is 7.05 Å². The zero-order chi connectivity index (χ0) is 12.3. The number of carbonyl (C=O) groups is 2. The van der Waals surface area contributed by atoms with E-state index in [-0.39, 0.29) is 11.8 Å². The van der Waals surface area contributed by atoms with Crippen LogP contribution in [0.25, 0.3) is 0 Å². The van der Waals surface area contributed by atoms with Crippen molar-refractivity contribution >= 4 is 11.7 Å². The molecule has 96 valence electrons. The molecule has 0 spiro atoms. The molecule has 0 bridgehead atoms. The average molecular weight is 238 g/mol. The lowest BCUT2D eigenvalue weighted by Crippen LogP contribution is -2.35. The molecule has 1 heterocycles. The van der Waals surface area contributed by atoms with Crippen LogP contribution in [0.4, 0.5) is 0 Å². The maximum atomic E-state index is 11.7. The number of rotatable bonds is 3. The minimum atomic E-state index is 0.209. The summed E-state index contributed by atoms with van der Waals surface area (Å²) >= 11 is 0. The molecule has 1 aliphatic heterocycles. The van der Waals surface area contributed by atoms with Crippen molar-refractivity contribution < 1.29 is 9.59 Å². The van der Waals surface area contributed by atoms with Crippen molar-refractivity contribution in [3.8, 4) is 0 Å². The average Bonchev–Trinajstić information content (AvgIpc) is 2.63. The Morgan fingerprint density at radius 2 is 2.06 bits per heavy atom. The SMILES string of the molecule is CN1CCCN(CCC2CCCC2=O)CC1=O. The summed E-state index contributed by atoms with van der Waals surface area (Å²) in [6.45, 7) is 3.27. The van der Waals surface area contributed by atoms with Crippen molar-refractivity contribution in [3.63, 3.8) is 0 Å². The summed E-state index contributed by atoms with van der Waals surface area (Å²) in [5.74, 6) is 0.912. The second-order valence-corrected chi connectivity index (χ2v) is 5.29. The van der Waals surface area contributed by atoms with Crippen molar-refractivity contribution in [3.05, 3.63) is 0 Å². The lowest BCUT2D eigenvalue weighted by Gasteiger charge is -2.20. The number of likely N-dealkylation sites (N-methyl/N-ethyl adjacent to an activating group) is 1. The molecule has 4 heteroatoms. The predicted molar refractivity (Wildman–Crippen MR) is 65.7 cm³/mol. The Morgan fingerprint density at radius 3 is 2.76 bits per heavy atom. The molecular formula is C13H22N2O2. The van der Waals surface area contributed by atoms with Gasteiger partial charge in [-0.25, -0.2) is 0 Å². The Morgan fingerprint density at radius 1 is 1.24 bits per heavy atom. The molecule has 1 unspecified atom stereocenters. The zero-order valence-corrected chi connectivity index (χ0v) is 10.7. The molecule has 1 saturated heterocycles. The van der Waals surface area contributed by atoms with Crippen molar-refractivity contribution in [2.75, 3.05) is 33.2 Å². The first-order valence-corrected chi connectivity index (χ1v) is 6.66. The van der Waals surface area contributed by atoms with Crippen LogP contribution in [0.3, 0.4) is 0 Å². The van der Waals surface area contributed by atoms with E-state index < -0.39 is 0 Å². The summed E-state index contributed by atoms with van der Waals surface area (Å²) in [5, 5.41) is 0. The first-order valence-electron chi connectivity index (χ1n) is 6.66. The van der Waals surface area contributed by atoms with Gasteiger partial charge in [0.1, 0.15) is 5.78 Å². The van der Waals surface area contributed by atoms with Crippen LogP contribution < -0.4 is 0 Å². The standard InChI is InChI=1S/C13H22N2O2/c1-14-7-3-8-15(10-13(14)17)9-6-11-4-2-5-12(11)16/h11H,2-10H2,1H3. The molecule has 2 rings (SSSR count). The van der Waals surface area contributed by atoms with Crippen LogP contribution in [0.5, 0.6) is 0 Å².